The number of benzene rings is 3. The summed E-state index contributed by atoms with van der Waals surface area (Å²) in [7, 11) is -2.43. The predicted octanol–water partition coefficient (Wildman–Crippen LogP) is 4.26. The molecule has 2 heterocycles. The molecule has 2 aliphatic heterocycles. The molecular formula is C30H35N3O5S. The highest BCUT2D eigenvalue weighted by Crippen LogP contribution is 2.38. The van der Waals surface area contributed by atoms with E-state index in [1.54, 1.807) is 24.3 Å². The second-order valence-electron chi connectivity index (χ2n) is 10.2. The third-order valence-corrected chi connectivity index (χ3v) is 9.06. The van der Waals surface area contributed by atoms with Crippen molar-refractivity contribution in [3.05, 3.63) is 83.4 Å². The molecule has 1 fully saturated rings. The van der Waals surface area contributed by atoms with Gasteiger partial charge in [0.15, 0.2) is 6.10 Å². The van der Waals surface area contributed by atoms with Crippen molar-refractivity contribution < 1.29 is 22.7 Å². The van der Waals surface area contributed by atoms with Crippen LogP contribution in [-0.2, 0) is 27.9 Å². The number of carbonyl (C=O) groups excluding carboxylic acids is 1. The summed E-state index contributed by atoms with van der Waals surface area (Å²) in [4.78, 5) is 15.8. The summed E-state index contributed by atoms with van der Waals surface area (Å²) in [5, 5.41) is 2.93. The van der Waals surface area contributed by atoms with Crippen molar-refractivity contribution >= 4 is 21.6 Å². The first-order chi connectivity index (χ1) is 18.8. The first-order valence-electron chi connectivity index (χ1n) is 13.4. The standard InChI is InChI=1S/C30H35N3O5S/c1-22-6-15-27-28(18-22)38-29(21-33(27)39(35,36)26-13-11-25(37-2)12-14-26)30(34)31-19-23-7-9-24(10-8-23)20-32-16-4-3-5-17-32/h6-15,18,29H,3-5,16-17,19-21H2,1-2H3,(H,31,34). The maximum Gasteiger partial charge on any atom is 0.264 e. The number of nitrogens with one attached hydrogen (secondary N) is 1. The molecule has 0 bridgehead atoms. The number of anilines is 1. The van der Waals surface area contributed by atoms with Crippen molar-refractivity contribution in [3.63, 3.8) is 0 Å². The number of piperidine rings is 1. The van der Waals surface area contributed by atoms with Gasteiger partial charge in [-0.3, -0.25) is 14.0 Å². The molecule has 5 rings (SSSR count). The van der Waals surface area contributed by atoms with Gasteiger partial charge in [-0.25, -0.2) is 8.42 Å². The van der Waals surface area contributed by atoms with E-state index in [4.69, 9.17) is 9.47 Å². The van der Waals surface area contributed by atoms with E-state index in [2.05, 4.69) is 22.3 Å². The Kier molecular flexibility index (Phi) is 8.09. The molecule has 8 nitrogen and oxygen atoms in total. The number of ether oxygens (including phenoxy) is 2. The van der Waals surface area contributed by atoms with Gasteiger partial charge in [-0.1, -0.05) is 36.8 Å². The normalized spacial score (nSPS) is 17.7. The molecule has 206 valence electrons. The van der Waals surface area contributed by atoms with Crippen molar-refractivity contribution in [2.45, 2.75) is 50.3 Å². The fourth-order valence-electron chi connectivity index (χ4n) is 5.04. The lowest BCUT2D eigenvalue weighted by Crippen LogP contribution is -2.50. The van der Waals surface area contributed by atoms with Gasteiger partial charge in [0.25, 0.3) is 15.9 Å². The van der Waals surface area contributed by atoms with Crippen LogP contribution in [0.4, 0.5) is 5.69 Å². The van der Waals surface area contributed by atoms with Crippen molar-refractivity contribution in [2.75, 3.05) is 31.0 Å². The van der Waals surface area contributed by atoms with Crippen molar-refractivity contribution in [3.8, 4) is 11.5 Å². The van der Waals surface area contributed by atoms with Crippen LogP contribution < -0.4 is 19.1 Å². The summed E-state index contributed by atoms with van der Waals surface area (Å²) in [6, 6.07) is 19.8. The van der Waals surface area contributed by atoms with E-state index < -0.39 is 16.1 Å². The minimum absolute atomic E-state index is 0.112. The van der Waals surface area contributed by atoms with Crippen molar-refractivity contribution in [1.82, 2.24) is 10.2 Å². The molecule has 3 aromatic carbocycles. The number of rotatable bonds is 8. The molecule has 1 atom stereocenters. The molecule has 0 spiro atoms. The van der Waals surface area contributed by atoms with Gasteiger partial charge in [0.05, 0.1) is 24.2 Å². The molecule has 0 radical (unpaired) electrons. The number of nitrogens with zero attached hydrogens (tertiary/aromatic N) is 2. The van der Waals surface area contributed by atoms with E-state index in [0.717, 1.165) is 30.8 Å². The summed E-state index contributed by atoms with van der Waals surface area (Å²) in [5.74, 6) is 0.554. The minimum Gasteiger partial charge on any atom is -0.497 e. The molecule has 2 aliphatic rings. The smallest absolute Gasteiger partial charge is 0.264 e. The zero-order valence-electron chi connectivity index (χ0n) is 22.4. The van der Waals surface area contributed by atoms with Gasteiger partial charge in [-0.15, -0.1) is 0 Å². The summed E-state index contributed by atoms with van der Waals surface area (Å²) in [6.07, 6.45) is 2.84. The zero-order chi connectivity index (χ0) is 27.4. The average molecular weight is 550 g/mol. The maximum absolute atomic E-state index is 13.7. The fourth-order valence-corrected chi connectivity index (χ4v) is 6.52. The largest absolute Gasteiger partial charge is 0.497 e. The van der Waals surface area contributed by atoms with Gasteiger partial charge in [-0.05, 0) is 85.9 Å². The van der Waals surface area contributed by atoms with E-state index in [-0.39, 0.29) is 17.3 Å². The van der Waals surface area contributed by atoms with E-state index in [1.165, 1.54) is 48.4 Å². The topological polar surface area (TPSA) is 88.2 Å². The Balaban J connectivity index is 1.28. The molecule has 1 unspecified atom stereocenters. The third-order valence-electron chi connectivity index (χ3n) is 7.27. The number of hydrogen-bond donors (Lipinski definition) is 1. The number of fused-ring (bicyclic) bond motifs is 1. The van der Waals surface area contributed by atoms with E-state index in [1.807, 2.05) is 25.1 Å². The van der Waals surface area contributed by atoms with E-state index in [0.29, 0.717) is 23.7 Å². The number of carbonyl (C=O) groups is 1. The van der Waals surface area contributed by atoms with Gasteiger partial charge in [0.1, 0.15) is 11.5 Å². The summed E-state index contributed by atoms with van der Waals surface area (Å²) in [6.45, 7) is 5.32. The second-order valence-corrected chi connectivity index (χ2v) is 12.0. The summed E-state index contributed by atoms with van der Waals surface area (Å²) >= 11 is 0. The summed E-state index contributed by atoms with van der Waals surface area (Å²) in [5.41, 5.74) is 3.54. The van der Waals surface area contributed by atoms with Gasteiger partial charge in [-0.2, -0.15) is 0 Å². The molecule has 1 N–H and O–H groups in total. The molecule has 0 aliphatic carbocycles. The molecule has 9 heteroatoms. The highest BCUT2D eigenvalue weighted by Gasteiger charge is 2.37. The Morgan fingerprint density at radius 1 is 0.974 bits per heavy atom. The lowest BCUT2D eigenvalue weighted by Gasteiger charge is -2.35. The van der Waals surface area contributed by atoms with Crippen molar-refractivity contribution in [2.24, 2.45) is 0 Å². The molecule has 1 amide bonds. The average Bonchev–Trinajstić information content (AvgIpc) is 2.96. The number of sulfonamides is 1. The molecule has 1 saturated heterocycles. The van der Waals surface area contributed by atoms with Gasteiger partial charge in [0, 0.05) is 13.1 Å². The van der Waals surface area contributed by atoms with Crippen LogP contribution in [0.15, 0.2) is 71.6 Å². The van der Waals surface area contributed by atoms with Crippen LogP contribution in [0.3, 0.4) is 0 Å². The molecule has 0 saturated carbocycles. The van der Waals surface area contributed by atoms with Crippen LogP contribution in [0.25, 0.3) is 0 Å². The number of likely N-dealkylation sites (tertiary alicyclic amines) is 1. The van der Waals surface area contributed by atoms with Crippen LogP contribution in [0.2, 0.25) is 0 Å². The van der Waals surface area contributed by atoms with Crippen LogP contribution in [-0.4, -0.2) is 52.1 Å². The van der Waals surface area contributed by atoms with Crippen LogP contribution in [0, 0.1) is 6.92 Å². The Hall–Kier alpha value is -3.56. The van der Waals surface area contributed by atoms with Gasteiger partial charge in [0.2, 0.25) is 0 Å². The maximum atomic E-state index is 13.7. The lowest BCUT2D eigenvalue weighted by atomic mass is 10.1. The molecule has 0 aromatic heterocycles. The number of methoxy groups -OCH3 is 1. The zero-order valence-corrected chi connectivity index (χ0v) is 23.2. The van der Waals surface area contributed by atoms with Crippen LogP contribution in [0.1, 0.15) is 36.0 Å². The molecular weight excluding hydrogens is 514 g/mol. The molecule has 3 aromatic rings. The Bertz CT molecular complexity index is 1400. The fraction of sp³-hybridized carbons (Fsp3) is 0.367. The second kappa shape index (κ2) is 11.7. The lowest BCUT2D eigenvalue weighted by molar-refractivity contribution is -0.127. The highest BCUT2D eigenvalue weighted by molar-refractivity contribution is 7.92. The number of hydrogen-bond acceptors (Lipinski definition) is 6. The Morgan fingerprint density at radius 2 is 1.67 bits per heavy atom. The number of aryl methyl sites for hydroxylation is 1. The van der Waals surface area contributed by atoms with E-state index >= 15 is 0 Å². The van der Waals surface area contributed by atoms with Crippen LogP contribution in [0.5, 0.6) is 11.5 Å². The SMILES string of the molecule is COc1ccc(S(=O)(=O)N2CC(C(=O)NCc3ccc(CN4CCCCC4)cc3)Oc3cc(C)ccc32)cc1. The summed E-state index contributed by atoms with van der Waals surface area (Å²) < 4.78 is 39.7. The van der Waals surface area contributed by atoms with E-state index in [9.17, 15) is 13.2 Å². The predicted molar refractivity (Wildman–Crippen MR) is 151 cm³/mol. The van der Waals surface area contributed by atoms with Crippen LogP contribution >= 0.6 is 0 Å². The quantitative estimate of drug-likeness (QED) is 0.452. The highest BCUT2D eigenvalue weighted by atomic mass is 32.2. The first kappa shape index (κ1) is 27.0. The van der Waals surface area contributed by atoms with Gasteiger partial charge >= 0.3 is 0 Å². The van der Waals surface area contributed by atoms with Crippen molar-refractivity contribution in [1.29, 1.82) is 0 Å². The minimum atomic E-state index is -3.95. The Morgan fingerprint density at radius 3 is 2.36 bits per heavy atom. The third kappa shape index (κ3) is 6.20. The molecule has 39 heavy (non-hydrogen) atoms. The Labute approximate surface area is 230 Å². The van der Waals surface area contributed by atoms with Gasteiger partial charge < -0.3 is 14.8 Å². The first-order valence-corrected chi connectivity index (χ1v) is 14.8. The monoisotopic (exact) mass is 549 g/mol. The number of amides is 1.